The van der Waals surface area contributed by atoms with E-state index in [1.54, 1.807) is 5.06 Å². The van der Waals surface area contributed by atoms with Gasteiger partial charge in [-0.05, 0) is 6.42 Å². The van der Waals surface area contributed by atoms with Gasteiger partial charge in [-0.25, -0.2) is 0 Å². The number of likely N-dealkylation sites (N-methyl/N-ethyl adjacent to an activating group) is 1. The van der Waals surface area contributed by atoms with Crippen LogP contribution in [-0.4, -0.2) is 30.5 Å². The van der Waals surface area contributed by atoms with Crippen LogP contribution in [0.25, 0.3) is 0 Å². The molecule has 0 aromatic heterocycles. The Balaban J connectivity index is 2.41. The van der Waals surface area contributed by atoms with E-state index in [1.807, 2.05) is 6.92 Å². The SMILES string of the molecule is CCN1OCCC1C=O. The van der Waals surface area contributed by atoms with E-state index in [0.717, 1.165) is 19.3 Å². The molecule has 52 valence electrons. The summed E-state index contributed by atoms with van der Waals surface area (Å²) in [5.41, 5.74) is 0. The molecule has 1 unspecified atom stereocenters. The van der Waals surface area contributed by atoms with Crippen LogP contribution in [-0.2, 0) is 9.63 Å². The normalized spacial score (nSPS) is 28.8. The number of nitrogens with zero attached hydrogens (tertiary/aromatic N) is 1. The van der Waals surface area contributed by atoms with Crippen molar-refractivity contribution in [3.8, 4) is 0 Å². The molecule has 9 heavy (non-hydrogen) atoms. The Kier molecular flexibility index (Phi) is 2.19. The fraction of sp³-hybridized carbons (Fsp3) is 0.833. The van der Waals surface area contributed by atoms with E-state index in [4.69, 9.17) is 4.84 Å². The molecule has 1 aliphatic rings. The average Bonchev–Trinajstić information content (AvgIpc) is 2.33. The van der Waals surface area contributed by atoms with Crippen molar-refractivity contribution < 1.29 is 9.63 Å². The number of rotatable bonds is 2. The molecule has 1 rings (SSSR count). The summed E-state index contributed by atoms with van der Waals surface area (Å²) in [6.45, 7) is 3.46. The standard InChI is InChI=1S/C6H11NO2/c1-2-7-6(5-8)3-4-9-7/h5-6H,2-4H2,1H3. The van der Waals surface area contributed by atoms with Crippen LogP contribution >= 0.6 is 0 Å². The largest absolute Gasteiger partial charge is 0.302 e. The molecule has 0 spiro atoms. The van der Waals surface area contributed by atoms with Gasteiger partial charge in [-0.2, -0.15) is 5.06 Å². The van der Waals surface area contributed by atoms with Gasteiger partial charge in [0.05, 0.1) is 12.6 Å². The average molecular weight is 129 g/mol. The zero-order chi connectivity index (χ0) is 6.69. The van der Waals surface area contributed by atoms with Crippen LogP contribution in [0.2, 0.25) is 0 Å². The molecule has 1 aliphatic heterocycles. The zero-order valence-corrected chi connectivity index (χ0v) is 5.54. The summed E-state index contributed by atoms with van der Waals surface area (Å²) in [5, 5.41) is 1.72. The van der Waals surface area contributed by atoms with E-state index < -0.39 is 0 Å². The van der Waals surface area contributed by atoms with Crippen molar-refractivity contribution in [2.24, 2.45) is 0 Å². The first-order valence-corrected chi connectivity index (χ1v) is 3.23. The third-order valence-corrected chi connectivity index (χ3v) is 1.51. The lowest BCUT2D eigenvalue weighted by molar-refractivity contribution is -0.140. The van der Waals surface area contributed by atoms with Crippen LogP contribution < -0.4 is 0 Å². The fourth-order valence-electron chi connectivity index (χ4n) is 0.992. The monoisotopic (exact) mass is 129 g/mol. The first kappa shape index (κ1) is 6.71. The van der Waals surface area contributed by atoms with E-state index in [0.29, 0.717) is 6.61 Å². The number of hydrogen-bond acceptors (Lipinski definition) is 3. The van der Waals surface area contributed by atoms with Gasteiger partial charge in [0, 0.05) is 6.54 Å². The maximum atomic E-state index is 10.3. The van der Waals surface area contributed by atoms with Crippen LogP contribution in [0.3, 0.4) is 0 Å². The number of aldehydes is 1. The predicted octanol–water partition coefficient (Wildman–Crippen LogP) is 0.211. The number of hydrogen-bond donors (Lipinski definition) is 0. The topological polar surface area (TPSA) is 29.5 Å². The molecule has 1 saturated heterocycles. The molecule has 0 aromatic carbocycles. The maximum Gasteiger partial charge on any atom is 0.139 e. The van der Waals surface area contributed by atoms with E-state index in [2.05, 4.69) is 0 Å². The maximum absolute atomic E-state index is 10.3. The molecule has 1 atom stereocenters. The molecule has 0 bridgehead atoms. The molecule has 0 aromatic rings. The zero-order valence-electron chi connectivity index (χ0n) is 5.54. The molecular formula is C6H11NO2. The van der Waals surface area contributed by atoms with Gasteiger partial charge in [-0.3, -0.25) is 4.84 Å². The smallest absolute Gasteiger partial charge is 0.139 e. The van der Waals surface area contributed by atoms with Gasteiger partial charge in [-0.15, -0.1) is 0 Å². The second-order valence-corrected chi connectivity index (χ2v) is 2.06. The lowest BCUT2D eigenvalue weighted by atomic mass is 10.2. The third-order valence-electron chi connectivity index (χ3n) is 1.51. The van der Waals surface area contributed by atoms with E-state index in [9.17, 15) is 4.79 Å². The summed E-state index contributed by atoms with van der Waals surface area (Å²) in [5.74, 6) is 0. The first-order valence-electron chi connectivity index (χ1n) is 3.23. The second-order valence-electron chi connectivity index (χ2n) is 2.06. The van der Waals surface area contributed by atoms with E-state index >= 15 is 0 Å². The summed E-state index contributed by atoms with van der Waals surface area (Å²) < 4.78 is 0. The van der Waals surface area contributed by atoms with Crippen molar-refractivity contribution in [3.63, 3.8) is 0 Å². The Morgan fingerprint density at radius 2 is 2.67 bits per heavy atom. The van der Waals surface area contributed by atoms with Crippen LogP contribution in [0.1, 0.15) is 13.3 Å². The van der Waals surface area contributed by atoms with Gasteiger partial charge < -0.3 is 4.79 Å². The van der Waals surface area contributed by atoms with Crippen LogP contribution in [0.5, 0.6) is 0 Å². The quantitative estimate of drug-likeness (QED) is 0.499. The Labute approximate surface area is 54.5 Å². The summed E-state index contributed by atoms with van der Waals surface area (Å²) in [6, 6.07) is 0.00926. The molecule has 0 N–H and O–H groups in total. The third kappa shape index (κ3) is 1.28. The molecule has 0 aliphatic carbocycles. The highest BCUT2D eigenvalue weighted by Gasteiger charge is 2.22. The lowest BCUT2D eigenvalue weighted by Crippen LogP contribution is -2.28. The number of carbonyl (C=O) groups is 1. The van der Waals surface area contributed by atoms with Gasteiger partial charge in [0.15, 0.2) is 0 Å². The minimum Gasteiger partial charge on any atom is -0.302 e. The molecule has 0 amide bonds. The van der Waals surface area contributed by atoms with Crippen LogP contribution in [0.4, 0.5) is 0 Å². The van der Waals surface area contributed by atoms with Gasteiger partial charge in [0.1, 0.15) is 6.29 Å². The van der Waals surface area contributed by atoms with Crippen molar-refractivity contribution in [1.29, 1.82) is 0 Å². The Bertz CT molecular complexity index is 105. The van der Waals surface area contributed by atoms with Gasteiger partial charge in [0.25, 0.3) is 0 Å². The molecule has 3 heteroatoms. The highest BCUT2D eigenvalue weighted by Crippen LogP contribution is 2.10. The Hall–Kier alpha value is -0.410. The fourth-order valence-corrected chi connectivity index (χ4v) is 0.992. The van der Waals surface area contributed by atoms with Crippen LogP contribution in [0, 0.1) is 0 Å². The minimum atomic E-state index is 0.00926. The lowest BCUT2D eigenvalue weighted by Gasteiger charge is -2.14. The molecule has 3 nitrogen and oxygen atoms in total. The molecule has 1 fully saturated rings. The molecule has 0 radical (unpaired) electrons. The van der Waals surface area contributed by atoms with Gasteiger partial charge >= 0.3 is 0 Å². The first-order chi connectivity index (χ1) is 4.38. The molecule has 1 heterocycles. The van der Waals surface area contributed by atoms with Crippen molar-refractivity contribution in [2.45, 2.75) is 19.4 Å². The Morgan fingerprint density at radius 1 is 1.89 bits per heavy atom. The summed E-state index contributed by atoms with van der Waals surface area (Å²) in [6.07, 6.45) is 1.79. The molecule has 0 saturated carbocycles. The second kappa shape index (κ2) is 2.94. The minimum absolute atomic E-state index is 0.00926. The van der Waals surface area contributed by atoms with Crippen molar-refractivity contribution in [2.75, 3.05) is 13.2 Å². The van der Waals surface area contributed by atoms with Gasteiger partial charge in [-0.1, -0.05) is 6.92 Å². The predicted molar refractivity (Wildman–Crippen MR) is 32.8 cm³/mol. The Morgan fingerprint density at radius 3 is 3.11 bits per heavy atom. The number of hydroxylamine groups is 2. The van der Waals surface area contributed by atoms with Crippen LogP contribution in [0.15, 0.2) is 0 Å². The number of carbonyl (C=O) groups excluding carboxylic acids is 1. The molecular weight excluding hydrogens is 118 g/mol. The van der Waals surface area contributed by atoms with Crippen molar-refractivity contribution in [1.82, 2.24) is 5.06 Å². The summed E-state index contributed by atoms with van der Waals surface area (Å²) in [7, 11) is 0. The summed E-state index contributed by atoms with van der Waals surface area (Å²) >= 11 is 0. The van der Waals surface area contributed by atoms with Crippen molar-refractivity contribution in [3.05, 3.63) is 0 Å². The van der Waals surface area contributed by atoms with E-state index in [-0.39, 0.29) is 6.04 Å². The van der Waals surface area contributed by atoms with Gasteiger partial charge in [0.2, 0.25) is 0 Å². The van der Waals surface area contributed by atoms with E-state index in [1.165, 1.54) is 0 Å². The summed E-state index contributed by atoms with van der Waals surface area (Å²) in [4.78, 5) is 15.4. The van der Waals surface area contributed by atoms with Crippen molar-refractivity contribution >= 4 is 6.29 Å². The highest BCUT2D eigenvalue weighted by atomic mass is 16.7. The highest BCUT2D eigenvalue weighted by molar-refractivity contribution is 5.57.